The van der Waals surface area contributed by atoms with Crippen LogP contribution in [-0.4, -0.2) is 11.5 Å². The van der Waals surface area contributed by atoms with Crippen LogP contribution in [-0.2, 0) is 6.18 Å². The number of halogens is 4. The Balaban J connectivity index is 1.88. The first-order valence-corrected chi connectivity index (χ1v) is 11.1. The van der Waals surface area contributed by atoms with Gasteiger partial charge in [-0.25, -0.2) is 4.98 Å². The van der Waals surface area contributed by atoms with Gasteiger partial charge in [0.25, 0.3) is 0 Å². The Morgan fingerprint density at radius 1 is 1.11 bits per heavy atom. The molecule has 1 heterocycles. The lowest BCUT2D eigenvalue weighted by Crippen LogP contribution is -2.04. The van der Waals surface area contributed by atoms with E-state index in [1.54, 1.807) is 6.92 Å². The van der Waals surface area contributed by atoms with E-state index < -0.39 is 11.7 Å². The van der Waals surface area contributed by atoms with E-state index in [-0.39, 0.29) is 33.6 Å². The zero-order chi connectivity index (χ0) is 25.6. The van der Waals surface area contributed by atoms with Gasteiger partial charge in [-0.05, 0) is 55.8 Å². The summed E-state index contributed by atoms with van der Waals surface area (Å²) in [7, 11) is 0. The molecule has 0 saturated heterocycles. The predicted octanol–water partition coefficient (Wildman–Crippen LogP) is 7.89. The van der Waals surface area contributed by atoms with Gasteiger partial charge in [-0.2, -0.15) is 18.4 Å². The van der Waals surface area contributed by atoms with Crippen molar-refractivity contribution in [3.05, 3.63) is 64.2 Å². The fraction of sp³-hybridized carbons (Fsp3) is 0.250. The number of hydrogen-bond acceptors (Lipinski definition) is 7. The van der Waals surface area contributed by atoms with E-state index in [2.05, 4.69) is 38.8 Å². The average molecular weight is 502 g/mol. The van der Waals surface area contributed by atoms with E-state index in [1.165, 1.54) is 0 Å². The minimum absolute atomic E-state index is 0.0163. The Bertz CT molecular complexity index is 1270. The molecule has 0 aliphatic rings. The van der Waals surface area contributed by atoms with Crippen molar-refractivity contribution in [2.24, 2.45) is 10.2 Å². The Hall–Kier alpha value is -3.84. The minimum Gasteiger partial charge on any atom is -0.385 e. The number of hydrogen-bond donors (Lipinski definition) is 3. The van der Waals surface area contributed by atoms with Gasteiger partial charge in [0.1, 0.15) is 17.4 Å². The number of benzene rings is 2. The normalized spacial score (nSPS) is 11.5. The fourth-order valence-electron chi connectivity index (χ4n) is 3.16. The lowest BCUT2D eigenvalue weighted by atomic mass is 10.1. The van der Waals surface area contributed by atoms with Crippen molar-refractivity contribution >= 4 is 46.0 Å². The molecule has 0 fully saturated rings. The summed E-state index contributed by atoms with van der Waals surface area (Å²) in [5, 5.41) is 23.9. The van der Waals surface area contributed by atoms with E-state index in [4.69, 9.17) is 17.3 Å². The maximum absolute atomic E-state index is 13.0. The summed E-state index contributed by atoms with van der Waals surface area (Å²) in [6, 6.07) is 12.3. The van der Waals surface area contributed by atoms with E-state index in [9.17, 15) is 18.4 Å². The summed E-state index contributed by atoms with van der Waals surface area (Å²) in [6.07, 6.45) is -2.40. The van der Waals surface area contributed by atoms with Crippen LogP contribution in [0, 0.1) is 18.3 Å². The van der Waals surface area contributed by atoms with Crippen LogP contribution in [0.2, 0.25) is 5.02 Å². The summed E-state index contributed by atoms with van der Waals surface area (Å²) in [5.74, 6) is 0.180. The van der Waals surface area contributed by atoms with E-state index in [0.29, 0.717) is 11.3 Å². The van der Waals surface area contributed by atoms with Gasteiger partial charge >= 0.3 is 6.18 Å². The van der Waals surface area contributed by atoms with Crippen molar-refractivity contribution in [1.82, 2.24) is 4.98 Å². The molecule has 0 atom stereocenters. The van der Waals surface area contributed by atoms with Crippen molar-refractivity contribution in [1.29, 1.82) is 5.26 Å². The number of nitrogens with zero attached hydrogens (tertiary/aromatic N) is 4. The Kier molecular flexibility index (Phi) is 8.14. The number of nitrogens with two attached hydrogens (primary N) is 1. The molecule has 182 valence electrons. The number of unbranched alkanes of at least 4 members (excludes halogenated alkanes) is 1. The highest BCUT2D eigenvalue weighted by atomic mass is 35.5. The highest BCUT2D eigenvalue weighted by Crippen LogP contribution is 2.38. The molecule has 0 unspecified atom stereocenters. The van der Waals surface area contributed by atoms with Crippen LogP contribution in [0.4, 0.5) is 47.6 Å². The zero-order valence-corrected chi connectivity index (χ0v) is 19.8. The van der Waals surface area contributed by atoms with Gasteiger partial charge < -0.3 is 16.4 Å². The van der Waals surface area contributed by atoms with E-state index >= 15 is 0 Å². The van der Waals surface area contributed by atoms with Crippen molar-refractivity contribution in [2.75, 3.05) is 22.9 Å². The minimum atomic E-state index is -4.56. The Morgan fingerprint density at radius 2 is 1.80 bits per heavy atom. The second kappa shape index (κ2) is 11.1. The molecule has 0 radical (unpaired) electrons. The summed E-state index contributed by atoms with van der Waals surface area (Å²) >= 11 is 5.98. The zero-order valence-electron chi connectivity index (χ0n) is 19.0. The van der Waals surface area contributed by atoms with Crippen molar-refractivity contribution in [3.8, 4) is 6.07 Å². The van der Waals surface area contributed by atoms with Crippen LogP contribution in [0.3, 0.4) is 0 Å². The van der Waals surface area contributed by atoms with Crippen molar-refractivity contribution in [2.45, 2.75) is 32.9 Å². The quantitative estimate of drug-likeness (QED) is 0.214. The van der Waals surface area contributed by atoms with Gasteiger partial charge in [0, 0.05) is 23.5 Å². The van der Waals surface area contributed by atoms with Crippen LogP contribution in [0.25, 0.3) is 0 Å². The van der Waals surface area contributed by atoms with Crippen LogP contribution >= 0.6 is 11.6 Å². The number of aromatic nitrogens is 1. The first kappa shape index (κ1) is 25.8. The number of azo groups is 1. The van der Waals surface area contributed by atoms with Gasteiger partial charge in [0.05, 0.1) is 16.1 Å². The van der Waals surface area contributed by atoms with Gasteiger partial charge in [0.2, 0.25) is 0 Å². The maximum atomic E-state index is 13.0. The third kappa shape index (κ3) is 6.39. The molecule has 4 N–H and O–H groups in total. The van der Waals surface area contributed by atoms with Crippen LogP contribution < -0.4 is 16.4 Å². The fourth-order valence-corrected chi connectivity index (χ4v) is 3.31. The van der Waals surface area contributed by atoms with Crippen molar-refractivity contribution in [3.63, 3.8) is 0 Å². The summed E-state index contributed by atoms with van der Waals surface area (Å²) < 4.78 is 39.0. The number of nitriles is 1. The molecule has 11 heteroatoms. The van der Waals surface area contributed by atoms with E-state index in [0.717, 1.165) is 43.3 Å². The first-order valence-electron chi connectivity index (χ1n) is 10.7. The van der Waals surface area contributed by atoms with E-state index in [1.807, 2.05) is 24.3 Å². The number of pyridine rings is 1. The molecule has 35 heavy (non-hydrogen) atoms. The standard InChI is InChI=1S/C24H23ClF3N7/c1-3-4-11-31-16-6-8-17(9-7-16)32-23-18(13-29)14(2)21(22(30)33-23)35-34-20-12-15(24(26,27)28)5-10-19(20)25/h5-10,12,31H,3-4,11H2,1-2H3,(H3,30,32,33). The number of nitrogens with one attached hydrogen (secondary N) is 2. The predicted molar refractivity (Wildman–Crippen MR) is 132 cm³/mol. The number of anilines is 4. The molecular formula is C24H23ClF3N7. The largest absolute Gasteiger partial charge is 0.416 e. The molecule has 1 aromatic heterocycles. The SMILES string of the molecule is CCCCNc1ccc(Nc2nc(N)c(N=Nc3cc(C(F)(F)F)ccc3Cl)c(C)c2C#N)cc1. The molecular weight excluding hydrogens is 479 g/mol. The molecule has 0 aliphatic carbocycles. The number of alkyl halides is 3. The first-order chi connectivity index (χ1) is 16.6. The molecule has 0 bridgehead atoms. The molecule has 0 aliphatic heterocycles. The molecule has 0 amide bonds. The topological polar surface area (TPSA) is 111 Å². The molecule has 0 saturated carbocycles. The van der Waals surface area contributed by atoms with Crippen LogP contribution in [0.5, 0.6) is 0 Å². The molecule has 3 rings (SSSR count). The highest BCUT2D eigenvalue weighted by molar-refractivity contribution is 6.33. The lowest BCUT2D eigenvalue weighted by molar-refractivity contribution is -0.137. The van der Waals surface area contributed by atoms with Crippen LogP contribution in [0.1, 0.15) is 36.5 Å². The van der Waals surface area contributed by atoms with Gasteiger partial charge in [-0.1, -0.05) is 24.9 Å². The second-order valence-corrected chi connectivity index (χ2v) is 8.06. The third-order valence-corrected chi connectivity index (χ3v) is 5.41. The number of rotatable bonds is 8. The highest BCUT2D eigenvalue weighted by Gasteiger charge is 2.31. The van der Waals surface area contributed by atoms with Gasteiger partial charge in [-0.3, -0.25) is 0 Å². The number of nitrogen functional groups attached to an aromatic ring is 1. The molecule has 3 aromatic rings. The van der Waals surface area contributed by atoms with Gasteiger partial charge in [0.15, 0.2) is 11.6 Å². The maximum Gasteiger partial charge on any atom is 0.416 e. The lowest BCUT2D eigenvalue weighted by Gasteiger charge is -2.13. The smallest absolute Gasteiger partial charge is 0.385 e. The molecule has 7 nitrogen and oxygen atoms in total. The Morgan fingerprint density at radius 3 is 2.43 bits per heavy atom. The average Bonchev–Trinajstić information content (AvgIpc) is 2.80. The molecule has 0 spiro atoms. The van der Waals surface area contributed by atoms with Gasteiger partial charge in [-0.15, -0.1) is 10.2 Å². The second-order valence-electron chi connectivity index (χ2n) is 7.65. The van der Waals surface area contributed by atoms with Crippen molar-refractivity contribution < 1.29 is 13.2 Å². The summed E-state index contributed by atoms with van der Waals surface area (Å²) in [6.45, 7) is 4.60. The van der Waals surface area contributed by atoms with Crippen LogP contribution in [0.15, 0.2) is 52.7 Å². The summed E-state index contributed by atoms with van der Waals surface area (Å²) in [4.78, 5) is 4.24. The molecule has 2 aromatic carbocycles. The monoisotopic (exact) mass is 501 g/mol. The third-order valence-electron chi connectivity index (χ3n) is 5.09. The summed E-state index contributed by atoms with van der Waals surface area (Å²) in [5.41, 5.74) is 7.23. The Labute approximate surface area is 205 Å².